The lowest BCUT2D eigenvalue weighted by molar-refractivity contribution is 0.101. The van der Waals surface area contributed by atoms with Crippen LogP contribution in [0.2, 0.25) is 5.02 Å². The second-order valence-electron chi connectivity index (χ2n) is 7.18. The molecule has 1 amide bonds. The van der Waals surface area contributed by atoms with Gasteiger partial charge in [0.25, 0.3) is 5.91 Å². The highest BCUT2D eigenvalue weighted by molar-refractivity contribution is 6.30. The van der Waals surface area contributed by atoms with Crippen LogP contribution in [0.3, 0.4) is 0 Å². The molecule has 0 aliphatic carbocycles. The summed E-state index contributed by atoms with van der Waals surface area (Å²) in [5, 5.41) is 11.7. The predicted molar refractivity (Wildman–Crippen MR) is 117 cm³/mol. The molecule has 158 valence electrons. The molecule has 0 unspecified atom stereocenters. The van der Waals surface area contributed by atoms with E-state index in [9.17, 15) is 4.79 Å². The van der Waals surface area contributed by atoms with Crippen LogP contribution in [0.15, 0.2) is 65.4 Å². The quantitative estimate of drug-likeness (QED) is 0.439. The maximum Gasteiger partial charge on any atom is 0.278 e. The Morgan fingerprint density at radius 3 is 2.77 bits per heavy atom. The summed E-state index contributed by atoms with van der Waals surface area (Å²) in [7, 11) is 0. The van der Waals surface area contributed by atoms with Crippen LogP contribution in [0.25, 0.3) is 0 Å². The van der Waals surface area contributed by atoms with Crippen molar-refractivity contribution >= 4 is 23.2 Å². The van der Waals surface area contributed by atoms with Gasteiger partial charge in [0.1, 0.15) is 18.1 Å². The van der Waals surface area contributed by atoms with Crippen LogP contribution >= 0.6 is 11.6 Å². The molecule has 0 aliphatic heterocycles. The molecule has 0 saturated heterocycles. The van der Waals surface area contributed by atoms with Gasteiger partial charge in [0.15, 0.2) is 5.69 Å². The van der Waals surface area contributed by atoms with Gasteiger partial charge in [-0.1, -0.05) is 46.6 Å². The number of rotatable bonds is 7. The van der Waals surface area contributed by atoms with Gasteiger partial charge in [-0.3, -0.25) is 9.48 Å². The van der Waals surface area contributed by atoms with E-state index in [4.69, 9.17) is 20.9 Å². The molecule has 8 heteroatoms. The Kier molecular flexibility index (Phi) is 6.04. The van der Waals surface area contributed by atoms with E-state index in [0.717, 1.165) is 11.1 Å². The molecule has 0 fully saturated rings. The number of carbonyl (C=O) groups is 1. The van der Waals surface area contributed by atoms with Crippen molar-refractivity contribution in [2.24, 2.45) is 0 Å². The molecule has 7 nitrogen and oxygen atoms in total. The van der Waals surface area contributed by atoms with Crippen molar-refractivity contribution in [2.75, 3.05) is 5.32 Å². The number of benzene rings is 2. The van der Waals surface area contributed by atoms with Gasteiger partial charge in [-0.25, -0.2) is 0 Å². The maximum atomic E-state index is 12.8. The fourth-order valence-electron chi connectivity index (χ4n) is 3.06. The zero-order valence-electron chi connectivity index (χ0n) is 17.1. The Morgan fingerprint density at radius 2 is 2.00 bits per heavy atom. The van der Waals surface area contributed by atoms with Crippen molar-refractivity contribution < 1.29 is 14.1 Å². The van der Waals surface area contributed by atoms with Gasteiger partial charge in [-0.15, -0.1) is 0 Å². The molecule has 31 heavy (non-hydrogen) atoms. The second kappa shape index (κ2) is 9.06. The van der Waals surface area contributed by atoms with Gasteiger partial charge < -0.3 is 14.6 Å². The second-order valence-corrected chi connectivity index (χ2v) is 7.61. The fourth-order valence-corrected chi connectivity index (χ4v) is 3.27. The minimum absolute atomic E-state index is 0.176. The van der Waals surface area contributed by atoms with Crippen LogP contribution in [0.1, 0.15) is 32.9 Å². The summed E-state index contributed by atoms with van der Waals surface area (Å²) < 4.78 is 12.8. The van der Waals surface area contributed by atoms with Crippen LogP contribution in [-0.4, -0.2) is 20.8 Å². The molecule has 1 N–H and O–H groups in total. The zero-order chi connectivity index (χ0) is 21.8. The van der Waals surface area contributed by atoms with Gasteiger partial charge in [-0.05, 0) is 43.7 Å². The molecule has 4 rings (SSSR count). The number of hydrogen-bond donors (Lipinski definition) is 1. The van der Waals surface area contributed by atoms with Crippen molar-refractivity contribution in [3.8, 4) is 5.75 Å². The number of amides is 1. The molecule has 2 aromatic carbocycles. The summed E-state index contributed by atoms with van der Waals surface area (Å²) >= 11 is 6.03. The van der Waals surface area contributed by atoms with E-state index in [0.29, 0.717) is 34.3 Å². The number of nitrogens with one attached hydrogen (secondary N) is 1. The monoisotopic (exact) mass is 436 g/mol. The Hall–Kier alpha value is -3.58. The third kappa shape index (κ3) is 5.13. The normalized spacial score (nSPS) is 10.8. The topological polar surface area (TPSA) is 82.2 Å². The van der Waals surface area contributed by atoms with E-state index in [1.165, 1.54) is 0 Å². The molecule has 0 aliphatic rings. The Morgan fingerprint density at radius 1 is 1.19 bits per heavy atom. The third-order valence-corrected chi connectivity index (χ3v) is 4.96. The Labute approximate surface area is 184 Å². The number of anilines is 1. The van der Waals surface area contributed by atoms with E-state index in [1.807, 2.05) is 55.5 Å². The first-order valence-corrected chi connectivity index (χ1v) is 10.1. The predicted octanol–water partition coefficient (Wildman–Crippen LogP) is 5.02. The number of ether oxygens (including phenoxy) is 1. The van der Waals surface area contributed by atoms with Crippen LogP contribution in [0.5, 0.6) is 5.75 Å². The zero-order valence-corrected chi connectivity index (χ0v) is 17.9. The van der Waals surface area contributed by atoms with Crippen LogP contribution < -0.4 is 10.1 Å². The number of aromatic nitrogens is 3. The lowest BCUT2D eigenvalue weighted by Crippen LogP contribution is -2.15. The molecule has 0 spiro atoms. The van der Waals surface area contributed by atoms with Crippen molar-refractivity contribution in [3.63, 3.8) is 0 Å². The van der Waals surface area contributed by atoms with Gasteiger partial charge in [0, 0.05) is 11.2 Å². The van der Waals surface area contributed by atoms with Gasteiger partial charge >= 0.3 is 0 Å². The number of halogens is 1. The number of carbonyl (C=O) groups excluding carboxylic acids is 1. The largest absolute Gasteiger partial charge is 0.489 e. The standard InChI is InChI=1S/C23H21ClN4O3/c1-15-6-8-20(9-7-15)30-14-21-16(2)31-27-22(21)23(29)26-19-11-25-28(13-19)12-17-4-3-5-18(24)10-17/h3-11,13H,12,14H2,1-2H3,(H,26,29). The first-order chi connectivity index (χ1) is 15.0. The molecule has 2 aromatic heterocycles. The molecule has 0 saturated carbocycles. The highest BCUT2D eigenvalue weighted by Gasteiger charge is 2.21. The van der Waals surface area contributed by atoms with Crippen LogP contribution in [0, 0.1) is 13.8 Å². The minimum atomic E-state index is -0.387. The van der Waals surface area contributed by atoms with E-state index in [-0.39, 0.29) is 18.2 Å². The summed E-state index contributed by atoms with van der Waals surface area (Å²) in [5.41, 5.74) is 3.50. The fraction of sp³-hybridized carbons (Fsp3) is 0.174. The summed E-state index contributed by atoms with van der Waals surface area (Å²) in [6.45, 7) is 4.47. The number of aryl methyl sites for hydroxylation is 2. The van der Waals surface area contributed by atoms with Crippen molar-refractivity contribution in [1.82, 2.24) is 14.9 Å². The van der Waals surface area contributed by atoms with Crippen LogP contribution in [0.4, 0.5) is 5.69 Å². The number of nitrogens with zero attached hydrogens (tertiary/aromatic N) is 3. The molecule has 4 aromatic rings. The summed E-state index contributed by atoms with van der Waals surface area (Å²) in [6, 6.07) is 15.2. The Bertz CT molecular complexity index is 1200. The summed E-state index contributed by atoms with van der Waals surface area (Å²) in [4.78, 5) is 12.8. The molecular weight excluding hydrogens is 416 g/mol. The smallest absolute Gasteiger partial charge is 0.278 e. The first-order valence-electron chi connectivity index (χ1n) is 9.71. The average molecular weight is 437 g/mol. The number of hydrogen-bond acceptors (Lipinski definition) is 5. The molecule has 0 atom stereocenters. The molecule has 0 bridgehead atoms. The third-order valence-electron chi connectivity index (χ3n) is 4.73. The molecule has 2 heterocycles. The minimum Gasteiger partial charge on any atom is -0.489 e. The van der Waals surface area contributed by atoms with Crippen molar-refractivity contribution in [2.45, 2.75) is 27.0 Å². The highest BCUT2D eigenvalue weighted by atomic mass is 35.5. The lowest BCUT2D eigenvalue weighted by Gasteiger charge is -2.07. The SMILES string of the molecule is Cc1ccc(OCc2c(C(=O)Nc3cnn(Cc4cccc(Cl)c4)c3)noc2C)cc1. The van der Waals surface area contributed by atoms with E-state index in [1.54, 1.807) is 24.0 Å². The van der Waals surface area contributed by atoms with Gasteiger partial charge in [-0.2, -0.15) is 5.10 Å². The van der Waals surface area contributed by atoms with Crippen molar-refractivity contribution in [3.05, 3.63) is 94.1 Å². The lowest BCUT2D eigenvalue weighted by atomic mass is 10.2. The van der Waals surface area contributed by atoms with Crippen molar-refractivity contribution in [1.29, 1.82) is 0 Å². The van der Waals surface area contributed by atoms with E-state index in [2.05, 4.69) is 15.6 Å². The molecule has 0 radical (unpaired) electrons. The highest BCUT2D eigenvalue weighted by Crippen LogP contribution is 2.20. The summed E-state index contributed by atoms with van der Waals surface area (Å²) in [5.74, 6) is 0.857. The Balaban J connectivity index is 1.42. The average Bonchev–Trinajstić information content (AvgIpc) is 3.33. The maximum absolute atomic E-state index is 12.8. The summed E-state index contributed by atoms with van der Waals surface area (Å²) in [6.07, 6.45) is 3.33. The van der Waals surface area contributed by atoms with Gasteiger partial charge in [0.05, 0.1) is 24.0 Å². The van der Waals surface area contributed by atoms with Crippen LogP contribution in [-0.2, 0) is 13.2 Å². The van der Waals surface area contributed by atoms with Gasteiger partial charge in [0.2, 0.25) is 0 Å². The van der Waals surface area contributed by atoms with E-state index < -0.39 is 0 Å². The van der Waals surface area contributed by atoms with E-state index >= 15 is 0 Å². The molecular formula is C23H21ClN4O3. The first kappa shape index (κ1) is 20.7.